The first-order valence-electron chi connectivity index (χ1n) is 4.37. The largest absolute Gasteiger partial charge is 0.480 e. The zero-order chi connectivity index (χ0) is 12.6. The van der Waals surface area contributed by atoms with Gasteiger partial charge < -0.3 is 10.4 Å². The van der Waals surface area contributed by atoms with Crippen LogP contribution in [0.4, 0.5) is 13.2 Å². The second-order valence-electron chi connectivity index (χ2n) is 3.58. The van der Waals surface area contributed by atoms with Crippen molar-refractivity contribution in [2.75, 3.05) is 6.26 Å². The van der Waals surface area contributed by atoms with E-state index < -0.39 is 28.8 Å². The SMILES string of the molecule is CSC1(C(=O)O)CC(NC(=O)C(F)(F)F)C1. The molecule has 1 amide bonds. The van der Waals surface area contributed by atoms with Crippen molar-refractivity contribution in [1.29, 1.82) is 0 Å². The Kier molecular flexibility index (Phi) is 3.41. The zero-order valence-electron chi connectivity index (χ0n) is 8.30. The Bertz CT molecular complexity index is 312. The summed E-state index contributed by atoms with van der Waals surface area (Å²) in [5.41, 5.74) is 0. The molecule has 1 saturated carbocycles. The van der Waals surface area contributed by atoms with E-state index in [1.165, 1.54) is 0 Å². The molecule has 0 heterocycles. The fraction of sp³-hybridized carbons (Fsp3) is 0.750. The molecule has 1 aliphatic carbocycles. The topological polar surface area (TPSA) is 66.4 Å². The molecule has 0 atom stereocenters. The van der Waals surface area contributed by atoms with Crippen molar-refractivity contribution in [3.8, 4) is 0 Å². The minimum absolute atomic E-state index is 0.0192. The monoisotopic (exact) mass is 257 g/mol. The highest BCUT2D eigenvalue weighted by Crippen LogP contribution is 2.43. The van der Waals surface area contributed by atoms with E-state index in [9.17, 15) is 22.8 Å². The fourth-order valence-corrected chi connectivity index (χ4v) is 2.44. The summed E-state index contributed by atoms with van der Waals surface area (Å²) in [6.45, 7) is 0. The van der Waals surface area contributed by atoms with Crippen molar-refractivity contribution < 1.29 is 27.9 Å². The molecule has 0 bridgehead atoms. The Hall–Kier alpha value is -0.920. The summed E-state index contributed by atoms with van der Waals surface area (Å²) in [4.78, 5) is 21.4. The van der Waals surface area contributed by atoms with E-state index in [1.54, 1.807) is 11.6 Å². The van der Waals surface area contributed by atoms with Gasteiger partial charge in [-0.25, -0.2) is 0 Å². The summed E-state index contributed by atoms with van der Waals surface area (Å²) in [7, 11) is 0. The lowest BCUT2D eigenvalue weighted by molar-refractivity contribution is -0.175. The van der Waals surface area contributed by atoms with E-state index in [-0.39, 0.29) is 12.8 Å². The second-order valence-corrected chi connectivity index (χ2v) is 4.77. The van der Waals surface area contributed by atoms with Gasteiger partial charge in [0, 0.05) is 6.04 Å². The van der Waals surface area contributed by atoms with Crippen molar-refractivity contribution >= 4 is 23.6 Å². The normalized spacial score (nSPS) is 29.4. The third-order valence-electron chi connectivity index (χ3n) is 2.53. The van der Waals surface area contributed by atoms with Crippen molar-refractivity contribution in [3.63, 3.8) is 0 Å². The minimum Gasteiger partial charge on any atom is -0.480 e. The van der Waals surface area contributed by atoms with E-state index in [2.05, 4.69) is 0 Å². The zero-order valence-corrected chi connectivity index (χ0v) is 9.11. The van der Waals surface area contributed by atoms with Crippen molar-refractivity contribution in [1.82, 2.24) is 5.32 Å². The number of hydrogen-bond donors (Lipinski definition) is 2. The Labute approximate surface area is 93.6 Å². The molecule has 0 aliphatic heterocycles. The molecule has 0 unspecified atom stereocenters. The van der Waals surface area contributed by atoms with Crippen molar-refractivity contribution in [2.45, 2.75) is 29.8 Å². The number of rotatable bonds is 3. The highest BCUT2D eigenvalue weighted by Gasteiger charge is 2.52. The first-order valence-corrected chi connectivity index (χ1v) is 5.60. The van der Waals surface area contributed by atoms with Gasteiger partial charge in [0.25, 0.3) is 0 Å². The number of carbonyl (C=O) groups is 2. The van der Waals surface area contributed by atoms with Gasteiger partial charge >= 0.3 is 18.1 Å². The van der Waals surface area contributed by atoms with Crippen LogP contribution in [0.15, 0.2) is 0 Å². The summed E-state index contributed by atoms with van der Waals surface area (Å²) in [6.07, 6.45) is -3.30. The lowest BCUT2D eigenvalue weighted by Crippen LogP contribution is -2.58. The van der Waals surface area contributed by atoms with Gasteiger partial charge in [-0.2, -0.15) is 13.2 Å². The Morgan fingerprint density at radius 3 is 2.25 bits per heavy atom. The maximum atomic E-state index is 11.9. The van der Waals surface area contributed by atoms with Crippen molar-refractivity contribution in [2.24, 2.45) is 0 Å². The van der Waals surface area contributed by atoms with Crippen LogP contribution in [0.25, 0.3) is 0 Å². The number of thioether (sulfide) groups is 1. The number of nitrogens with one attached hydrogen (secondary N) is 1. The number of alkyl halides is 3. The predicted molar refractivity (Wildman–Crippen MR) is 51.1 cm³/mol. The number of hydrogen-bond acceptors (Lipinski definition) is 3. The molecule has 0 saturated heterocycles. The van der Waals surface area contributed by atoms with E-state index in [1.807, 2.05) is 0 Å². The second kappa shape index (κ2) is 4.15. The molecular weight excluding hydrogens is 247 g/mol. The van der Waals surface area contributed by atoms with Gasteiger partial charge in [0.2, 0.25) is 0 Å². The standard InChI is InChI=1S/C8H10F3NO3S/c1-16-7(6(14)15)2-4(3-7)12-5(13)8(9,10)11/h4H,2-3H2,1H3,(H,12,13)(H,14,15). The number of aliphatic carboxylic acids is 1. The third-order valence-corrected chi connectivity index (χ3v) is 3.81. The van der Waals surface area contributed by atoms with Crippen LogP contribution >= 0.6 is 11.8 Å². The van der Waals surface area contributed by atoms with Crippen LogP contribution < -0.4 is 5.32 Å². The molecule has 92 valence electrons. The quantitative estimate of drug-likeness (QED) is 0.792. The number of halogens is 3. The van der Waals surface area contributed by atoms with E-state index in [0.29, 0.717) is 0 Å². The van der Waals surface area contributed by atoms with Gasteiger partial charge in [-0.3, -0.25) is 9.59 Å². The molecule has 16 heavy (non-hydrogen) atoms. The molecule has 0 aromatic heterocycles. The van der Waals surface area contributed by atoms with Crippen LogP contribution in [0, 0.1) is 0 Å². The van der Waals surface area contributed by atoms with Crippen LogP contribution in [0.2, 0.25) is 0 Å². The molecule has 0 radical (unpaired) electrons. The predicted octanol–water partition coefficient (Wildman–Crippen LogP) is 1.01. The van der Waals surface area contributed by atoms with E-state index >= 15 is 0 Å². The number of carboxylic acids is 1. The first-order chi connectivity index (χ1) is 7.21. The average Bonchev–Trinajstić information content (AvgIpc) is 2.07. The average molecular weight is 257 g/mol. The lowest BCUT2D eigenvalue weighted by atomic mass is 9.79. The molecular formula is C8H10F3NO3S. The van der Waals surface area contributed by atoms with Gasteiger partial charge in [0.15, 0.2) is 0 Å². The number of carboxylic acid groups (broad SMARTS) is 1. The summed E-state index contributed by atoms with van der Waals surface area (Å²) in [5.74, 6) is -3.07. The van der Waals surface area contributed by atoms with Gasteiger partial charge in [-0.1, -0.05) is 0 Å². The lowest BCUT2D eigenvalue weighted by Gasteiger charge is -2.43. The number of carbonyl (C=O) groups excluding carboxylic acids is 1. The Balaban J connectivity index is 2.48. The Morgan fingerprint density at radius 1 is 1.44 bits per heavy atom. The van der Waals surface area contributed by atoms with Gasteiger partial charge in [0.1, 0.15) is 4.75 Å². The summed E-state index contributed by atoms with van der Waals surface area (Å²) in [6, 6.07) is -0.710. The molecule has 8 heteroatoms. The first kappa shape index (κ1) is 13.1. The van der Waals surface area contributed by atoms with E-state index in [4.69, 9.17) is 5.11 Å². The molecule has 1 rings (SSSR count). The van der Waals surface area contributed by atoms with Crippen LogP contribution in [-0.4, -0.2) is 40.2 Å². The number of amides is 1. The Morgan fingerprint density at radius 2 is 1.94 bits per heavy atom. The molecule has 0 aromatic carbocycles. The molecule has 0 spiro atoms. The fourth-order valence-electron chi connectivity index (χ4n) is 1.53. The molecule has 4 nitrogen and oxygen atoms in total. The highest BCUT2D eigenvalue weighted by molar-refractivity contribution is 8.00. The minimum atomic E-state index is -4.92. The maximum absolute atomic E-state index is 11.9. The van der Waals surface area contributed by atoms with Gasteiger partial charge in [-0.15, -0.1) is 11.8 Å². The molecule has 1 aliphatic rings. The van der Waals surface area contributed by atoms with Gasteiger partial charge in [-0.05, 0) is 19.1 Å². The third kappa shape index (κ3) is 2.42. The van der Waals surface area contributed by atoms with Crippen LogP contribution in [0.3, 0.4) is 0 Å². The summed E-state index contributed by atoms with van der Waals surface area (Å²) in [5, 5.41) is 10.6. The van der Waals surface area contributed by atoms with Gasteiger partial charge in [0.05, 0.1) is 0 Å². The van der Waals surface area contributed by atoms with Crippen LogP contribution in [-0.2, 0) is 9.59 Å². The van der Waals surface area contributed by atoms with Crippen molar-refractivity contribution in [3.05, 3.63) is 0 Å². The smallest absolute Gasteiger partial charge is 0.471 e. The molecule has 2 N–H and O–H groups in total. The molecule has 0 aromatic rings. The summed E-state index contributed by atoms with van der Waals surface area (Å²) < 4.78 is 34.6. The highest BCUT2D eigenvalue weighted by atomic mass is 32.2. The van der Waals surface area contributed by atoms with Crippen LogP contribution in [0.5, 0.6) is 0 Å². The molecule has 1 fully saturated rings. The summed E-state index contributed by atoms with van der Waals surface area (Å²) >= 11 is 1.07. The van der Waals surface area contributed by atoms with Crippen LogP contribution in [0.1, 0.15) is 12.8 Å². The maximum Gasteiger partial charge on any atom is 0.471 e. The van der Waals surface area contributed by atoms with E-state index in [0.717, 1.165) is 11.8 Å².